The van der Waals surface area contributed by atoms with Gasteiger partial charge in [-0.15, -0.1) is 0 Å². The van der Waals surface area contributed by atoms with Gasteiger partial charge in [0.1, 0.15) is 5.76 Å². The number of nitrogens with zero attached hydrogens (tertiary/aromatic N) is 2. The van der Waals surface area contributed by atoms with Gasteiger partial charge in [0.25, 0.3) is 5.91 Å². The van der Waals surface area contributed by atoms with Gasteiger partial charge in [0.05, 0.1) is 11.8 Å². The minimum Gasteiger partial charge on any atom is -0.454 e. The Bertz CT molecular complexity index is 648. The standard InChI is InChI=1S/C16H27N3O4S/c1-13(19-10-5-4-6-11-19)14-7-8-15(23-14)16(20)17-9-12-24(21,22)18(2)3/h7-8,13H,4-6,9-12H2,1-3H3,(H,17,20)/t13-/m1/s1. The number of piperidine rings is 1. The van der Waals surface area contributed by atoms with Gasteiger partial charge in [0.2, 0.25) is 10.0 Å². The third-order valence-electron chi connectivity index (χ3n) is 4.40. The molecule has 2 rings (SSSR count). The summed E-state index contributed by atoms with van der Waals surface area (Å²) in [5.41, 5.74) is 0. The first-order valence-corrected chi connectivity index (χ1v) is 9.94. The molecule has 1 atom stereocenters. The normalized spacial score (nSPS) is 17.8. The van der Waals surface area contributed by atoms with E-state index in [1.54, 1.807) is 6.07 Å². The number of likely N-dealkylation sites (tertiary alicyclic amines) is 1. The summed E-state index contributed by atoms with van der Waals surface area (Å²) in [5.74, 6) is 0.462. The van der Waals surface area contributed by atoms with Crippen molar-refractivity contribution in [2.24, 2.45) is 0 Å². The van der Waals surface area contributed by atoms with E-state index in [0.717, 1.165) is 23.2 Å². The average molecular weight is 357 g/mol. The maximum atomic E-state index is 12.1. The predicted octanol–water partition coefficient (Wildman–Crippen LogP) is 1.45. The summed E-state index contributed by atoms with van der Waals surface area (Å²) in [5, 5.41) is 2.59. The highest BCUT2D eigenvalue weighted by Gasteiger charge is 2.22. The molecule has 24 heavy (non-hydrogen) atoms. The first-order valence-electron chi connectivity index (χ1n) is 8.33. The second-order valence-electron chi connectivity index (χ2n) is 6.33. The number of furan rings is 1. The lowest BCUT2D eigenvalue weighted by Gasteiger charge is -2.31. The minimum absolute atomic E-state index is 0.0526. The van der Waals surface area contributed by atoms with Crippen LogP contribution in [0.5, 0.6) is 0 Å². The van der Waals surface area contributed by atoms with Gasteiger partial charge in [-0.3, -0.25) is 9.69 Å². The maximum Gasteiger partial charge on any atom is 0.287 e. The topological polar surface area (TPSA) is 82.9 Å². The molecule has 0 spiro atoms. The molecule has 7 nitrogen and oxygen atoms in total. The summed E-state index contributed by atoms with van der Waals surface area (Å²) >= 11 is 0. The van der Waals surface area contributed by atoms with Crippen molar-refractivity contribution in [3.05, 3.63) is 23.7 Å². The highest BCUT2D eigenvalue weighted by atomic mass is 32.2. The molecule has 1 amide bonds. The lowest BCUT2D eigenvalue weighted by atomic mass is 10.1. The molecule has 136 valence electrons. The smallest absolute Gasteiger partial charge is 0.287 e. The summed E-state index contributed by atoms with van der Waals surface area (Å²) in [6.07, 6.45) is 3.66. The zero-order valence-corrected chi connectivity index (χ0v) is 15.4. The summed E-state index contributed by atoms with van der Waals surface area (Å²) < 4.78 is 30.1. The van der Waals surface area contributed by atoms with Crippen LogP contribution in [-0.2, 0) is 10.0 Å². The zero-order valence-electron chi connectivity index (χ0n) is 14.6. The summed E-state index contributed by atoms with van der Waals surface area (Å²) in [4.78, 5) is 14.4. The van der Waals surface area contributed by atoms with Crippen molar-refractivity contribution in [1.29, 1.82) is 0 Å². The Labute approximate surface area is 144 Å². The van der Waals surface area contributed by atoms with E-state index < -0.39 is 10.0 Å². The fourth-order valence-corrected chi connectivity index (χ4v) is 3.47. The Morgan fingerprint density at radius 1 is 1.29 bits per heavy atom. The summed E-state index contributed by atoms with van der Waals surface area (Å²) in [6, 6.07) is 3.61. The Morgan fingerprint density at radius 3 is 2.58 bits per heavy atom. The van der Waals surface area contributed by atoms with Crippen molar-refractivity contribution in [2.75, 3.05) is 39.5 Å². The molecular formula is C16H27N3O4S. The quantitative estimate of drug-likeness (QED) is 0.798. The first kappa shape index (κ1) is 19.0. The van der Waals surface area contributed by atoms with Crippen molar-refractivity contribution in [3.63, 3.8) is 0 Å². The van der Waals surface area contributed by atoms with Gasteiger partial charge in [-0.25, -0.2) is 12.7 Å². The van der Waals surface area contributed by atoms with Crippen molar-refractivity contribution in [3.8, 4) is 0 Å². The second kappa shape index (κ2) is 8.13. The van der Waals surface area contributed by atoms with E-state index in [4.69, 9.17) is 4.42 Å². The molecule has 1 aromatic heterocycles. The highest BCUT2D eigenvalue weighted by molar-refractivity contribution is 7.89. The van der Waals surface area contributed by atoms with Crippen LogP contribution in [-0.4, -0.2) is 63.0 Å². The van der Waals surface area contributed by atoms with Gasteiger partial charge in [-0.2, -0.15) is 0 Å². The summed E-state index contributed by atoms with van der Waals surface area (Å²) in [7, 11) is -0.377. The molecule has 1 aliphatic heterocycles. The molecule has 0 saturated carbocycles. The van der Waals surface area contributed by atoms with E-state index in [0.29, 0.717) is 0 Å². The van der Waals surface area contributed by atoms with Gasteiger partial charge in [0.15, 0.2) is 5.76 Å². The fourth-order valence-electron chi connectivity index (χ4n) is 2.75. The molecular weight excluding hydrogens is 330 g/mol. The fraction of sp³-hybridized carbons (Fsp3) is 0.688. The highest BCUT2D eigenvalue weighted by Crippen LogP contribution is 2.25. The molecule has 1 N–H and O–H groups in total. The molecule has 2 heterocycles. The minimum atomic E-state index is -3.32. The number of sulfonamides is 1. The van der Waals surface area contributed by atoms with E-state index in [9.17, 15) is 13.2 Å². The van der Waals surface area contributed by atoms with E-state index >= 15 is 0 Å². The predicted molar refractivity (Wildman–Crippen MR) is 92.4 cm³/mol. The van der Waals surface area contributed by atoms with Gasteiger partial charge in [-0.1, -0.05) is 6.42 Å². The SMILES string of the molecule is C[C@H](c1ccc(C(=O)NCCS(=O)(=O)N(C)C)o1)N1CCCCC1. The molecule has 1 fully saturated rings. The third-order valence-corrected chi connectivity index (χ3v) is 6.24. The number of rotatable bonds is 7. The molecule has 8 heteroatoms. The molecule has 1 aromatic rings. The van der Waals surface area contributed by atoms with Crippen LogP contribution in [0.4, 0.5) is 0 Å². The van der Waals surface area contributed by atoms with E-state index in [-0.39, 0.29) is 30.0 Å². The molecule has 0 radical (unpaired) electrons. The molecule has 1 aliphatic rings. The van der Waals surface area contributed by atoms with Crippen LogP contribution in [0.3, 0.4) is 0 Å². The Hall–Kier alpha value is -1.38. The van der Waals surface area contributed by atoms with Crippen LogP contribution < -0.4 is 5.32 Å². The van der Waals surface area contributed by atoms with Crippen LogP contribution in [0.1, 0.15) is 48.5 Å². The van der Waals surface area contributed by atoms with Crippen LogP contribution in [0, 0.1) is 0 Å². The van der Waals surface area contributed by atoms with Gasteiger partial charge in [0, 0.05) is 20.6 Å². The maximum absolute atomic E-state index is 12.1. The van der Waals surface area contributed by atoms with Crippen molar-refractivity contribution in [1.82, 2.24) is 14.5 Å². The number of carbonyl (C=O) groups excluding carboxylic acids is 1. The molecule has 0 aliphatic carbocycles. The van der Waals surface area contributed by atoms with Crippen LogP contribution in [0.15, 0.2) is 16.5 Å². The first-order chi connectivity index (χ1) is 11.3. The summed E-state index contributed by atoms with van der Waals surface area (Å²) in [6.45, 7) is 4.23. The molecule has 0 aromatic carbocycles. The second-order valence-corrected chi connectivity index (χ2v) is 8.63. The number of carbonyl (C=O) groups is 1. The number of nitrogens with one attached hydrogen (secondary N) is 1. The Kier molecular flexibility index (Phi) is 6.42. The Balaban J connectivity index is 1.89. The van der Waals surface area contributed by atoms with Crippen molar-refractivity contribution >= 4 is 15.9 Å². The molecule has 0 unspecified atom stereocenters. The molecule has 0 bridgehead atoms. The van der Waals surface area contributed by atoms with Crippen LogP contribution in [0.25, 0.3) is 0 Å². The number of hydrogen-bond acceptors (Lipinski definition) is 5. The van der Waals surface area contributed by atoms with Crippen molar-refractivity contribution < 1.29 is 17.6 Å². The van der Waals surface area contributed by atoms with Crippen molar-refractivity contribution in [2.45, 2.75) is 32.2 Å². The number of amides is 1. The Morgan fingerprint density at radius 2 is 1.96 bits per heavy atom. The van der Waals surface area contributed by atoms with E-state index in [1.165, 1.54) is 33.4 Å². The largest absolute Gasteiger partial charge is 0.454 e. The van der Waals surface area contributed by atoms with Gasteiger partial charge >= 0.3 is 0 Å². The number of hydrogen-bond donors (Lipinski definition) is 1. The monoisotopic (exact) mass is 357 g/mol. The average Bonchev–Trinajstić information content (AvgIpc) is 3.04. The zero-order chi connectivity index (χ0) is 17.7. The molecule has 1 saturated heterocycles. The van der Waals surface area contributed by atoms with Gasteiger partial charge in [-0.05, 0) is 45.0 Å². The van der Waals surface area contributed by atoms with Gasteiger partial charge < -0.3 is 9.73 Å². The van der Waals surface area contributed by atoms with Crippen LogP contribution in [0.2, 0.25) is 0 Å². The third kappa shape index (κ3) is 4.81. The van der Waals surface area contributed by atoms with E-state index in [2.05, 4.69) is 17.1 Å². The van der Waals surface area contributed by atoms with E-state index in [1.807, 2.05) is 6.07 Å². The lowest BCUT2D eigenvalue weighted by molar-refractivity contribution is 0.0919. The van der Waals surface area contributed by atoms with Crippen LogP contribution >= 0.6 is 0 Å². The lowest BCUT2D eigenvalue weighted by Crippen LogP contribution is -2.33.